The molecule has 0 fully saturated rings. The number of halogens is 2. The molecule has 11 heteroatoms. The molecule has 0 aliphatic heterocycles. The average Bonchev–Trinajstić information content (AvgIpc) is 2.96. The molecule has 0 bridgehead atoms. The van der Waals surface area contributed by atoms with Gasteiger partial charge in [-0.05, 0) is 73.4 Å². The highest BCUT2D eigenvalue weighted by Crippen LogP contribution is 2.28. The molecule has 0 saturated heterocycles. The first kappa shape index (κ1) is 33.2. The number of nitrogens with zero attached hydrogens (tertiary/aromatic N) is 2. The van der Waals surface area contributed by atoms with Gasteiger partial charge in [-0.25, -0.2) is 8.42 Å². The molecule has 226 valence electrons. The summed E-state index contributed by atoms with van der Waals surface area (Å²) in [6, 6.07) is 18.4. The zero-order valence-electron chi connectivity index (χ0n) is 24.2. The van der Waals surface area contributed by atoms with Crippen molar-refractivity contribution in [2.45, 2.75) is 51.6 Å². The Kier molecular flexibility index (Phi) is 12.1. The maximum atomic E-state index is 14.1. The zero-order valence-corrected chi connectivity index (χ0v) is 26.5. The largest absolute Gasteiger partial charge is 0.494 e. The standard InChI is InChI=1S/C31H37Cl2N3O5S/c1-5-29(31(38)34-19-22(3)4)35(20-23-12-13-24(32)18-28(23)33)30(37)21-36(25-14-16-26(17-15-25)41-6-2)42(39,40)27-10-8-7-9-11-27/h7-18,22,29H,5-6,19-21H2,1-4H3,(H,34,38)/t29-/m1/s1. The third kappa shape index (κ3) is 8.63. The summed E-state index contributed by atoms with van der Waals surface area (Å²) in [7, 11) is -4.17. The van der Waals surface area contributed by atoms with Crippen LogP contribution in [0.25, 0.3) is 0 Å². The van der Waals surface area contributed by atoms with Crippen LogP contribution in [0.1, 0.15) is 39.7 Å². The number of carbonyl (C=O) groups is 2. The maximum Gasteiger partial charge on any atom is 0.264 e. The molecule has 3 aromatic rings. The number of hydrogen-bond donors (Lipinski definition) is 1. The van der Waals surface area contributed by atoms with Crippen molar-refractivity contribution in [2.75, 3.05) is 24.0 Å². The van der Waals surface area contributed by atoms with Gasteiger partial charge in [-0.1, -0.05) is 68.2 Å². The van der Waals surface area contributed by atoms with E-state index >= 15 is 0 Å². The van der Waals surface area contributed by atoms with Gasteiger partial charge in [0.15, 0.2) is 0 Å². The van der Waals surface area contributed by atoms with Crippen LogP contribution in [0.3, 0.4) is 0 Å². The molecule has 0 radical (unpaired) electrons. The summed E-state index contributed by atoms with van der Waals surface area (Å²) in [5, 5.41) is 3.67. The van der Waals surface area contributed by atoms with Gasteiger partial charge in [0, 0.05) is 23.1 Å². The second kappa shape index (κ2) is 15.3. The molecule has 0 heterocycles. The lowest BCUT2D eigenvalue weighted by Crippen LogP contribution is -2.52. The van der Waals surface area contributed by atoms with E-state index in [0.717, 1.165) is 4.31 Å². The summed E-state index contributed by atoms with van der Waals surface area (Å²) < 4.78 is 34.4. The smallest absolute Gasteiger partial charge is 0.264 e. The summed E-state index contributed by atoms with van der Waals surface area (Å²) in [5.41, 5.74) is 0.848. The Hall–Kier alpha value is -3.27. The Morgan fingerprint density at radius 1 is 0.952 bits per heavy atom. The predicted octanol–water partition coefficient (Wildman–Crippen LogP) is 6.17. The first-order valence-electron chi connectivity index (χ1n) is 13.8. The molecule has 2 amide bonds. The number of hydrogen-bond acceptors (Lipinski definition) is 5. The van der Waals surface area contributed by atoms with Crippen LogP contribution < -0.4 is 14.4 Å². The second-order valence-electron chi connectivity index (χ2n) is 10.1. The highest BCUT2D eigenvalue weighted by molar-refractivity contribution is 7.92. The fourth-order valence-corrected chi connectivity index (χ4v) is 6.20. The molecule has 42 heavy (non-hydrogen) atoms. The third-order valence-electron chi connectivity index (χ3n) is 6.47. The highest BCUT2D eigenvalue weighted by Gasteiger charge is 2.34. The van der Waals surface area contributed by atoms with E-state index < -0.39 is 28.5 Å². The zero-order chi connectivity index (χ0) is 30.9. The molecular weight excluding hydrogens is 597 g/mol. The van der Waals surface area contributed by atoms with Gasteiger partial charge in [0.2, 0.25) is 11.8 Å². The third-order valence-corrected chi connectivity index (χ3v) is 8.85. The van der Waals surface area contributed by atoms with Crippen LogP contribution in [0, 0.1) is 5.92 Å². The molecule has 0 unspecified atom stereocenters. The Bertz CT molecular complexity index is 1450. The molecule has 1 atom stereocenters. The first-order chi connectivity index (χ1) is 20.0. The average molecular weight is 635 g/mol. The van der Waals surface area contributed by atoms with Crippen LogP contribution >= 0.6 is 23.2 Å². The molecule has 0 aliphatic carbocycles. The van der Waals surface area contributed by atoms with Gasteiger partial charge in [-0.3, -0.25) is 13.9 Å². The molecule has 3 aromatic carbocycles. The molecule has 3 rings (SSSR count). The number of ether oxygens (including phenoxy) is 1. The van der Waals surface area contributed by atoms with Crippen molar-refractivity contribution in [3.8, 4) is 5.75 Å². The Morgan fingerprint density at radius 3 is 2.19 bits per heavy atom. The number of benzene rings is 3. The van der Waals surface area contributed by atoms with Crippen molar-refractivity contribution >= 4 is 50.7 Å². The van der Waals surface area contributed by atoms with Gasteiger partial charge in [-0.2, -0.15) is 0 Å². The summed E-state index contributed by atoms with van der Waals surface area (Å²) in [5.74, 6) is -0.131. The van der Waals surface area contributed by atoms with E-state index in [1.807, 2.05) is 20.8 Å². The van der Waals surface area contributed by atoms with Gasteiger partial charge in [-0.15, -0.1) is 0 Å². The molecule has 0 aliphatic rings. The van der Waals surface area contributed by atoms with E-state index in [1.54, 1.807) is 67.6 Å². The van der Waals surface area contributed by atoms with E-state index in [-0.39, 0.29) is 29.0 Å². The highest BCUT2D eigenvalue weighted by atomic mass is 35.5. The van der Waals surface area contributed by atoms with Crippen LogP contribution in [0.5, 0.6) is 5.75 Å². The van der Waals surface area contributed by atoms with Gasteiger partial charge >= 0.3 is 0 Å². The topological polar surface area (TPSA) is 96.0 Å². The van der Waals surface area contributed by atoms with Crippen LogP contribution in [0.15, 0.2) is 77.7 Å². The monoisotopic (exact) mass is 633 g/mol. The fraction of sp³-hybridized carbons (Fsp3) is 0.355. The molecule has 0 aromatic heterocycles. The number of sulfonamides is 1. The molecule has 1 N–H and O–H groups in total. The predicted molar refractivity (Wildman–Crippen MR) is 168 cm³/mol. The molecule has 0 saturated carbocycles. The van der Waals surface area contributed by atoms with Crippen LogP contribution in [0.4, 0.5) is 5.69 Å². The minimum atomic E-state index is -4.17. The van der Waals surface area contributed by atoms with E-state index in [0.29, 0.717) is 40.9 Å². The number of anilines is 1. The van der Waals surface area contributed by atoms with Crippen LogP contribution in [0.2, 0.25) is 10.0 Å². The van der Waals surface area contributed by atoms with Crippen molar-refractivity contribution in [2.24, 2.45) is 5.92 Å². The molecule has 0 spiro atoms. The maximum absolute atomic E-state index is 14.1. The Morgan fingerprint density at radius 2 is 1.62 bits per heavy atom. The summed E-state index contributed by atoms with van der Waals surface area (Å²) >= 11 is 12.6. The van der Waals surface area contributed by atoms with E-state index in [9.17, 15) is 18.0 Å². The van der Waals surface area contributed by atoms with Crippen molar-refractivity contribution < 1.29 is 22.7 Å². The number of nitrogens with one attached hydrogen (secondary N) is 1. The van der Waals surface area contributed by atoms with Gasteiger partial charge in [0.1, 0.15) is 18.3 Å². The molecule has 8 nitrogen and oxygen atoms in total. The lowest BCUT2D eigenvalue weighted by atomic mass is 10.1. The van der Waals surface area contributed by atoms with Crippen molar-refractivity contribution in [3.63, 3.8) is 0 Å². The lowest BCUT2D eigenvalue weighted by Gasteiger charge is -2.33. The SMILES string of the molecule is CCOc1ccc(N(CC(=O)N(Cc2ccc(Cl)cc2Cl)[C@H](CC)C(=O)NCC(C)C)S(=O)(=O)c2ccccc2)cc1. The van der Waals surface area contributed by atoms with E-state index in [2.05, 4.69) is 5.32 Å². The van der Waals surface area contributed by atoms with Gasteiger partial charge in [0.25, 0.3) is 10.0 Å². The van der Waals surface area contributed by atoms with Crippen LogP contribution in [-0.2, 0) is 26.2 Å². The van der Waals surface area contributed by atoms with E-state index in [4.69, 9.17) is 27.9 Å². The first-order valence-corrected chi connectivity index (χ1v) is 16.0. The fourth-order valence-electron chi connectivity index (χ4n) is 4.30. The van der Waals surface area contributed by atoms with E-state index in [1.165, 1.54) is 17.0 Å². The number of rotatable bonds is 14. The minimum Gasteiger partial charge on any atom is -0.494 e. The normalized spacial score (nSPS) is 12.1. The second-order valence-corrected chi connectivity index (χ2v) is 12.8. The quantitative estimate of drug-likeness (QED) is 0.229. The summed E-state index contributed by atoms with van der Waals surface area (Å²) in [6.07, 6.45) is 0.301. The van der Waals surface area contributed by atoms with Crippen molar-refractivity contribution in [1.82, 2.24) is 10.2 Å². The van der Waals surface area contributed by atoms with Gasteiger partial charge in [0.05, 0.1) is 17.2 Å². The summed E-state index contributed by atoms with van der Waals surface area (Å²) in [4.78, 5) is 28.9. The van der Waals surface area contributed by atoms with Crippen LogP contribution in [-0.4, -0.2) is 50.9 Å². The lowest BCUT2D eigenvalue weighted by molar-refractivity contribution is -0.140. The van der Waals surface area contributed by atoms with Crippen molar-refractivity contribution in [1.29, 1.82) is 0 Å². The van der Waals surface area contributed by atoms with Gasteiger partial charge < -0.3 is 15.0 Å². The molecular formula is C31H37Cl2N3O5S. The number of carbonyl (C=O) groups excluding carboxylic acids is 2. The number of amides is 2. The Balaban J connectivity index is 2.06. The summed E-state index contributed by atoms with van der Waals surface area (Å²) in [6.45, 7) is 7.90. The Labute approximate surface area is 258 Å². The minimum absolute atomic E-state index is 0.0229. The van der Waals surface area contributed by atoms with Crippen molar-refractivity contribution in [3.05, 3.63) is 88.4 Å².